The molecule has 1 aliphatic heterocycles. The molecule has 7 heteroatoms. The van der Waals surface area contributed by atoms with Gasteiger partial charge in [0.15, 0.2) is 0 Å². The SMILES string of the molecule is NS(=O)(=O)c1ccc(-n2ncc3c2-c2ccccc2OC3)cc1. The number of aromatic nitrogens is 2. The minimum absolute atomic E-state index is 0.0750. The molecule has 0 bridgehead atoms. The molecule has 1 aromatic heterocycles. The van der Waals surface area contributed by atoms with Gasteiger partial charge in [-0.15, -0.1) is 0 Å². The van der Waals surface area contributed by atoms with Gasteiger partial charge in [0.2, 0.25) is 10.0 Å². The molecular weight excluding hydrogens is 314 g/mol. The average molecular weight is 327 g/mol. The Balaban J connectivity index is 1.86. The third kappa shape index (κ3) is 2.30. The fourth-order valence-corrected chi connectivity index (χ4v) is 3.21. The van der Waals surface area contributed by atoms with Crippen LogP contribution >= 0.6 is 0 Å². The summed E-state index contributed by atoms with van der Waals surface area (Å²) < 4.78 is 30.2. The van der Waals surface area contributed by atoms with Crippen LogP contribution in [-0.2, 0) is 16.6 Å². The summed E-state index contributed by atoms with van der Waals surface area (Å²) in [5, 5.41) is 9.55. The fraction of sp³-hybridized carbons (Fsp3) is 0.0625. The maximum atomic E-state index is 11.4. The molecule has 0 fully saturated rings. The fourth-order valence-electron chi connectivity index (χ4n) is 2.69. The molecule has 2 heterocycles. The van der Waals surface area contributed by atoms with E-state index in [-0.39, 0.29) is 4.90 Å². The van der Waals surface area contributed by atoms with Crippen molar-refractivity contribution < 1.29 is 13.2 Å². The number of rotatable bonds is 2. The van der Waals surface area contributed by atoms with Crippen molar-refractivity contribution in [3.8, 4) is 22.7 Å². The zero-order chi connectivity index (χ0) is 16.0. The highest BCUT2D eigenvalue weighted by Gasteiger charge is 2.22. The summed E-state index contributed by atoms with van der Waals surface area (Å²) in [5.74, 6) is 0.808. The van der Waals surface area contributed by atoms with E-state index in [4.69, 9.17) is 9.88 Å². The van der Waals surface area contributed by atoms with E-state index in [2.05, 4.69) is 5.10 Å². The second-order valence-corrected chi connectivity index (χ2v) is 6.82. The number of nitrogens with zero attached hydrogens (tertiary/aromatic N) is 2. The van der Waals surface area contributed by atoms with Gasteiger partial charge in [0.05, 0.1) is 22.5 Å². The molecule has 0 unspecified atom stereocenters. The lowest BCUT2D eigenvalue weighted by Crippen LogP contribution is -2.12. The van der Waals surface area contributed by atoms with Crippen molar-refractivity contribution in [3.63, 3.8) is 0 Å². The number of ether oxygens (including phenoxy) is 1. The largest absolute Gasteiger partial charge is 0.488 e. The number of fused-ring (bicyclic) bond motifs is 3. The van der Waals surface area contributed by atoms with Crippen LogP contribution in [0.5, 0.6) is 5.75 Å². The maximum absolute atomic E-state index is 11.4. The zero-order valence-corrected chi connectivity index (χ0v) is 12.8. The van der Waals surface area contributed by atoms with E-state index in [1.54, 1.807) is 23.0 Å². The summed E-state index contributed by atoms with van der Waals surface area (Å²) in [6, 6.07) is 14.1. The minimum Gasteiger partial charge on any atom is -0.488 e. The average Bonchev–Trinajstić information content (AvgIpc) is 2.99. The van der Waals surface area contributed by atoms with Crippen molar-refractivity contribution in [1.82, 2.24) is 9.78 Å². The van der Waals surface area contributed by atoms with E-state index in [0.717, 1.165) is 28.3 Å². The van der Waals surface area contributed by atoms with Gasteiger partial charge in [-0.05, 0) is 36.4 Å². The summed E-state index contributed by atoms with van der Waals surface area (Å²) in [6.07, 6.45) is 1.76. The lowest BCUT2D eigenvalue weighted by atomic mass is 10.0. The van der Waals surface area contributed by atoms with Crippen LogP contribution in [0.2, 0.25) is 0 Å². The summed E-state index contributed by atoms with van der Waals surface area (Å²) in [4.78, 5) is 0.0750. The van der Waals surface area contributed by atoms with Gasteiger partial charge in [-0.2, -0.15) is 5.10 Å². The molecule has 4 rings (SSSR count). The van der Waals surface area contributed by atoms with Gasteiger partial charge in [-0.3, -0.25) is 0 Å². The first kappa shape index (κ1) is 14.0. The van der Waals surface area contributed by atoms with Crippen LogP contribution in [0, 0.1) is 0 Å². The monoisotopic (exact) mass is 327 g/mol. The molecule has 2 aromatic carbocycles. The lowest BCUT2D eigenvalue weighted by Gasteiger charge is -2.19. The Labute approximate surface area is 133 Å². The molecule has 0 aliphatic carbocycles. The van der Waals surface area contributed by atoms with Gasteiger partial charge in [0, 0.05) is 11.1 Å². The first-order valence-corrected chi connectivity index (χ1v) is 8.51. The molecule has 1 aliphatic rings. The van der Waals surface area contributed by atoms with Crippen LogP contribution in [-0.4, -0.2) is 18.2 Å². The predicted molar refractivity (Wildman–Crippen MR) is 84.7 cm³/mol. The predicted octanol–water partition coefficient (Wildman–Crippen LogP) is 2.08. The van der Waals surface area contributed by atoms with Crippen molar-refractivity contribution in [1.29, 1.82) is 0 Å². The molecule has 2 N–H and O–H groups in total. The highest BCUT2D eigenvalue weighted by Crippen LogP contribution is 2.38. The van der Waals surface area contributed by atoms with E-state index >= 15 is 0 Å². The third-order valence-electron chi connectivity index (χ3n) is 3.78. The molecule has 0 saturated carbocycles. The van der Waals surface area contributed by atoms with E-state index in [0.29, 0.717) is 6.61 Å². The van der Waals surface area contributed by atoms with Crippen LogP contribution in [0.25, 0.3) is 16.9 Å². The molecule has 6 nitrogen and oxygen atoms in total. The van der Waals surface area contributed by atoms with Crippen LogP contribution in [0.4, 0.5) is 0 Å². The molecule has 3 aromatic rings. The number of sulfonamides is 1. The zero-order valence-electron chi connectivity index (χ0n) is 12.0. The Bertz CT molecular complexity index is 992. The second-order valence-electron chi connectivity index (χ2n) is 5.25. The topological polar surface area (TPSA) is 87.2 Å². The number of hydrogen-bond acceptors (Lipinski definition) is 4. The number of hydrogen-bond donors (Lipinski definition) is 1. The molecule has 23 heavy (non-hydrogen) atoms. The van der Waals surface area contributed by atoms with Gasteiger partial charge in [0.25, 0.3) is 0 Å². The van der Waals surface area contributed by atoms with Crippen molar-refractivity contribution in [2.24, 2.45) is 5.14 Å². The highest BCUT2D eigenvalue weighted by atomic mass is 32.2. The van der Waals surface area contributed by atoms with Crippen molar-refractivity contribution in [2.45, 2.75) is 11.5 Å². The number of nitrogens with two attached hydrogens (primary N) is 1. The number of primary sulfonamides is 1. The maximum Gasteiger partial charge on any atom is 0.238 e. The van der Waals surface area contributed by atoms with E-state index in [1.807, 2.05) is 24.3 Å². The van der Waals surface area contributed by atoms with Crippen molar-refractivity contribution in [3.05, 3.63) is 60.3 Å². The van der Waals surface area contributed by atoms with Gasteiger partial charge in [0.1, 0.15) is 12.4 Å². The molecule has 0 amide bonds. The van der Waals surface area contributed by atoms with Crippen molar-refractivity contribution >= 4 is 10.0 Å². The first-order chi connectivity index (χ1) is 11.0. The molecule has 0 saturated heterocycles. The summed E-state index contributed by atoms with van der Waals surface area (Å²) in [5.41, 5.74) is 3.66. The summed E-state index contributed by atoms with van der Waals surface area (Å²) >= 11 is 0. The first-order valence-electron chi connectivity index (χ1n) is 6.96. The van der Waals surface area contributed by atoms with E-state index in [1.165, 1.54) is 12.1 Å². The Kier molecular flexibility index (Phi) is 3.00. The Morgan fingerprint density at radius 1 is 1.09 bits per heavy atom. The summed E-state index contributed by atoms with van der Waals surface area (Å²) in [6.45, 7) is 0.460. The molecule has 0 radical (unpaired) electrons. The molecule has 116 valence electrons. The van der Waals surface area contributed by atoms with Crippen LogP contribution in [0.15, 0.2) is 59.6 Å². The standard InChI is InChI=1S/C16H13N3O3S/c17-23(20,21)13-7-5-12(6-8-13)19-16-11(9-18-19)10-22-15-4-2-1-3-14(15)16/h1-9H,10H2,(H2,17,20,21). The lowest BCUT2D eigenvalue weighted by molar-refractivity contribution is 0.302. The van der Waals surface area contributed by atoms with Crippen LogP contribution in [0.3, 0.4) is 0 Å². The molecular formula is C16H13N3O3S. The quantitative estimate of drug-likeness (QED) is 0.780. The van der Waals surface area contributed by atoms with Crippen molar-refractivity contribution in [2.75, 3.05) is 0 Å². The normalized spacial score (nSPS) is 13.1. The smallest absolute Gasteiger partial charge is 0.238 e. The van der Waals surface area contributed by atoms with Gasteiger partial charge < -0.3 is 4.74 Å². The highest BCUT2D eigenvalue weighted by molar-refractivity contribution is 7.89. The second kappa shape index (κ2) is 4.94. The third-order valence-corrected chi connectivity index (χ3v) is 4.71. The summed E-state index contributed by atoms with van der Waals surface area (Å²) in [7, 11) is -3.70. The van der Waals surface area contributed by atoms with Crippen LogP contribution < -0.4 is 9.88 Å². The molecule has 0 spiro atoms. The van der Waals surface area contributed by atoms with Gasteiger partial charge in [-0.1, -0.05) is 12.1 Å². The number of para-hydroxylation sites is 1. The Morgan fingerprint density at radius 3 is 2.57 bits per heavy atom. The Hall–Kier alpha value is -2.64. The number of benzene rings is 2. The Morgan fingerprint density at radius 2 is 1.83 bits per heavy atom. The minimum atomic E-state index is -3.70. The van der Waals surface area contributed by atoms with Gasteiger partial charge >= 0.3 is 0 Å². The van der Waals surface area contributed by atoms with Gasteiger partial charge in [-0.25, -0.2) is 18.2 Å². The molecule has 0 atom stereocenters. The van der Waals surface area contributed by atoms with Crippen LogP contribution in [0.1, 0.15) is 5.56 Å². The van der Waals surface area contributed by atoms with E-state index in [9.17, 15) is 8.42 Å². The van der Waals surface area contributed by atoms with E-state index < -0.39 is 10.0 Å².